The van der Waals surface area contributed by atoms with Crippen LogP contribution in [0.2, 0.25) is 0 Å². The monoisotopic (exact) mass is 220 g/mol. The van der Waals surface area contributed by atoms with E-state index in [1.165, 1.54) is 0 Å². The van der Waals surface area contributed by atoms with E-state index in [1.54, 1.807) is 24.3 Å². The van der Waals surface area contributed by atoms with E-state index in [-0.39, 0.29) is 6.42 Å². The van der Waals surface area contributed by atoms with Gasteiger partial charge in [0.2, 0.25) is 11.4 Å². The van der Waals surface area contributed by atoms with Crippen LogP contribution < -0.4 is 0 Å². The van der Waals surface area contributed by atoms with Gasteiger partial charge in [-0.2, -0.15) is 0 Å². The van der Waals surface area contributed by atoms with Crippen LogP contribution >= 0.6 is 0 Å². The standard InChI is InChI=1S/C12H12O4/c13-7-12(16)10(14)6-5-8-3-1-2-4-9(8)11(12)15/h1-4,13,16H,5-7H2. The number of aliphatic hydroxyl groups is 2. The summed E-state index contributed by atoms with van der Waals surface area (Å²) in [6.07, 6.45) is 0.489. The molecule has 0 aromatic heterocycles. The molecule has 1 atom stereocenters. The molecule has 1 aliphatic rings. The molecule has 2 N–H and O–H groups in total. The minimum absolute atomic E-state index is 0.0693. The molecule has 2 rings (SSSR count). The van der Waals surface area contributed by atoms with Crippen LogP contribution in [0.15, 0.2) is 24.3 Å². The predicted molar refractivity (Wildman–Crippen MR) is 56.1 cm³/mol. The molecule has 4 nitrogen and oxygen atoms in total. The van der Waals surface area contributed by atoms with Crippen LogP contribution in [-0.2, 0) is 11.2 Å². The molecule has 1 unspecified atom stereocenters. The van der Waals surface area contributed by atoms with Crippen LogP contribution in [0, 0.1) is 0 Å². The summed E-state index contributed by atoms with van der Waals surface area (Å²) in [7, 11) is 0. The van der Waals surface area contributed by atoms with Crippen molar-refractivity contribution in [2.75, 3.05) is 6.61 Å². The first-order valence-corrected chi connectivity index (χ1v) is 5.09. The Morgan fingerprint density at radius 3 is 2.56 bits per heavy atom. The second-order valence-electron chi connectivity index (χ2n) is 3.93. The van der Waals surface area contributed by atoms with E-state index in [4.69, 9.17) is 5.11 Å². The first-order valence-electron chi connectivity index (χ1n) is 5.09. The lowest BCUT2D eigenvalue weighted by molar-refractivity contribution is -0.135. The van der Waals surface area contributed by atoms with E-state index >= 15 is 0 Å². The van der Waals surface area contributed by atoms with Gasteiger partial charge in [-0.05, 0) is 12.0 Å². The number of carbonyl (C=O) groups excluding carboxylic acids is 2. The largest absolute Gasteiger partial charge is 0.392 e. The van der Waals surface area contributed by atoms with Crippen molar-refractivity contribution in [3.8, 4) is 0 Å². The maximum Gasteiger partial charge on any atom is 0.209 e. The summed E-state index contributed by atoms with van der Waals surface area (Å²) in [5.74, 6) is -1.32. The minimum atomic E-state index is -2.26. The molecule has 1 aliphatic carbocycles. The van der Waals surface area contributed by atoms with Crippen molar-refractivity contribution >= 4 is 11.6 Å². The van der Waals surface area contributed by atoms with Crippen molar-refractivity contribution in [3.05, 3.63) is 35.4 Å². The van der Waals surface area contributed by atoms with Gasteiger partial charge in [-0.3, -0.25) is 9.59 Å². The van der Waals surface area contributed by atoms with Crippen molar-refractivity contribution in [2.45, 2.75) is 18.4 Å². The van der Waals surface area contributed by atoms with Crippen LogP contribution in [0.5, 0.6) is 0 Å². The molecule has 84 valence electrons. The maximum atomic E-state index is 12.0. The zero-order chi connectivity index (χ0) is 11.8. The molecule has 0 spiro atoms. The average molecular weight is 220 g/mol. The summed E-state index contributed by atoms with van der Waals surface area (Å²) in [5.41, 5.74) is -1.19. The number of rotatable bonds is 1. The number of fused-ring (bicyclic) bond motifs is 1. The molecular formula is C12H12O4. The Bertz CT molecular complexity index is 452. The molecule has 1 aromatic rings. The van der Waals surface area contributed by atoms with Gasteiger partial charge in [-0.25, -0.2) is 0 Å². The van der Waals surface area contributed by atoms with Crippen LogP contribution in [0.4, 0.5) is 0 Å². The van der Waals surface area contributed by atoms with Crippen LogP contribution in [0.3, 0.4) is 0 Å². The Morgan fingerprint density at radius 1 is 1.19 bits per heavy atom. The predicted octanol–water partition coefficient (Wildman–Crippen LogP) is 0.108. The quantitative estimate of drug-likeness (QED) is 0.520. The number of carbonyl (C=O) groups is 2. The van der Waals surface area contributed by atoms with Gasteiger partial charge in [0.05, 0.1) is 6.61 Å². The fraction of sp³-hybridized carbons (Fsp3) is 0.333. The number of aryl methyl sites for hydroxylation is 1. The van der Waals surface area contributed by atoms with E-state index in [1.807, 2.05) is 0 Å². The Morgan fingerprint density at radius 2 is 1.88 bits per heavy atom. The summed E-state index contributed by atoms with van der Waals surface area (Å²) >= 11 is 0. The van der Waals surface area contributed by atoms with E-state index in [0.717, 1.165) is 5.56 Å². The Labute approximate surface area is 92.5 Å². The zero-order valence-corrected chi connectivity index (χ0v) is 8.64. The summed E-state index contributed by atoms with van der Waals surface area (Å²) < 4.78 is 0. The molecule has 0 amide bonds. The first-order chi connectivity index (χ1) is 7.59. The summed E-state index contributed by atoms with van der Waals surface area (Å²) in [5, 5.41) is 18.9. The zero-order valence-electron chi connectivity index (χ0n) is 8.64. The Hall–Kier alpha value is -1.52. The van der Waals surface area contributed by atoms with E-state index in [9.17, 15) is 14.7 Å². The lowest BCUT2D eigenvalue weighted by Crippen LogP contribution is -2.49. The number of hydrogen-bond donors (Lipinski definition) is 2. The lowest BCUT2D eigenvalue weighted by atomic mass is 9.90. The van der Waals surface area contributed by atoms with Crippen LogP contribution in [0.25, 0.3) is 0 Å². The number of ketones is 2. The highest BCUT2D eigenvalue weighted by molar-refractivity contribution is 6.19. The topological polar surface area (TPSA) is 74.6 Å². The highest BCUT2D eigenvalue weighted by atomic mass is 16.3. The molecule has 0 aliphatic heterocycles. The van der Waals surface area contributed by atoms with Gasteiger partial charge >= 0.3 is 0 Å². The smallest absolute Gasteiger partial charge is 0.209 e. The molecule has 0 bridgehead atoms. The number of benzene rings is 1. The minimum Gasteiger partial charge on any atom is -0.392 e. The number of aliphatic hydroxyl groups excluding tert-OH is 1. The van der Waals surface area contributed by atoms with Gasteiger partial charge in [-0.1, -0.05) is 24.3 Å². The average Bonchev–Trinajstić information content (AvgIpc) is 2.42. The molecule has 4 heteroatoms. The molecule has 1 aromatic carbocycles. The highest BCUT2D eigenvalue weighted by Gasteiger charge is 2.45. The van der Waals surface area contributed by atoms with E-state index < -0.39 is 23.8 Å². The van der Waals surface area contributed by atoms with Crippen molar-refractivity contribution in [1.82, 2.24) is 0 Å². The molecule has 0 radical (unpaired) electrons. The van der Waals surface area contributed by atoms with Gasteiger partial charge in [-0.15, -0.1) is 0 Å². The second kappa shape index (κ2) is 3.81. The van der Waals surface area contributed by atoms with Gasteiger partial charge < -0.3 is 10.2 Å². The fourth-order valence-corrected chi connectivity index (χ4v) is 1.92. The SMILES string of the molecule is O=C1CCc2ccccc2C(=O)C1(O)CO. The fourth-order valence-electron chi connectivity index (χ4n) is 1.92. The summed E-state index contributed by atoms with van der Waals surface area (Å²) in [6, 6.07) is 6.77. The highest BCUT2D eigenvalue weighted by Crippen LogP contribution is 2.25. The third-order valence-electron chi connectivity index (χ3n) is 2.95. The first kappa shape index (κ1) is 11.0. The summed E-state index contributed by atoms with van der Waals surface area (Å²) in [4.78, 5) is 23.6. The normalized spacial score (nSPS) is 25.1. The Kier molecular flexibility index (Phi) is 2.61. The van der Waals surface area contributed by atoms with Crippen LogP contribution in [-0.4, -0.2) is 34.0 Å². The molecule has 0 saturated carbocycles. The maximum absolute atomic E-state index is 12.0. The second-order valence-corrected chi connectivity index (χ2v) is 3.93. The van der Waals surface area contributed by atoms with Crippen LogP contribution in [0.1, 0.15) is 22.3 Å². The summed E-state index contributed by atoms with van der Waals surface area (Å²) in [6.45, 7) is -0.862. The molecule has 0 heterocycles. The van der Waals surface area contributed by atoms with Crippen molar-refractivity contribution < 1.29 is 19.8 Å². The van der Waals surface area contributed by atoms with Gasteiger partial charge in [0.15, 0.2) is 5.78 Å². The molecule has 0 fully saturated rings. The Balaban J connectivity index is 2.56. The number of Topliss-reactive ketones (excluding diaryl/α,β-unsaturated/α-hetero) is 2. The number of hydrogen-bond acceptors (Lipinski definition) is 4. The van der Waals surface area contributed by atoms with Gasteiger partial charge in [0, 0.05) is 12.0 Å². The van der Waals surface area contributed by atoms with Gasteiger partial charge in [0.1, 0.15) is 0 Å². The molecular weight excluding hydrogens is 208 g/mol. The molecule has 16 heavy (non-hydrogen) atoms. The third-order valence-corrected chi connectivity index (χ3v) is 2.95. The van der Waals surface area contributed by atoms with Crippen molar-refractivity contribution in [3.63, 3.8) is 0 Å². The molecule has 0 saturated heterocycles. The lowest BCUT2D eigenvalue weighted by Gasteiger charge is -2.20. The van der Waals surface area contributed by atoms with E-state index in [0.29, 0.717) is 12.0 Å². The van der Waals surface area contributed by atoms with Crippen molar-refractivity contribution in [2.24, 2.45) is 0 Å². The van der Waals surface area contributed by atoms with Crippen molar-refractivity contribution in [1.29, 1.82) is 0 Å². The van der Waals surface area contributed by atoms with Gasteiger partial charge in [0.25, 0.3) is 0 Å². The van der Waals surface area contributed by atoms with E-state index in [2.05, 4.69) is 0 Å². The third kappa shape index (κ3) is 1.47.